The number of benzene rings is 1. The van der Waals surface area contributed by atoms with Gasteiger partial charge >= 0.3 is 5.97 Å². The van der Waals surface area contributed by atoms with Crippen LogP contribution in [0.2, 0.25) is 0 Å². The average Bonchev–Trinajstić information content (AvgIpc) is 2.39. The number of rotatable bonds is 7. The van der Waals surface area contributed by atoms with Crippen molar-refractivity contribution in [3.05, 3.63) is 59.3 Å². The van der Waals surface area contributed by atoms with Crippen molar-refractivity contribution in [3.63, 3.8) is 0 Å². The van der Waals surface area contributed by atoms with E-state index in [1.807, 2.05) is 24.3 Å². The van der Waals surface area contributed by atoms with Gasteiger partial charge in [0.25, 0.3) is 0 Å². The third kappa shape index (κ3) is 5.75. The van der Waals surface area contributed by atoms with E-state index in [0.29, 0.717) is 13.0 Å². The van der Waals surface area contributed by atoms with E-state index in [1.54, 1.807) is 13.0 Å². The predicted octanol–water partition coefficient (Wildman–Crippen LogP) is 4.16. The summed E-state index contributed by atoms with van der Waals surface area (Å²) in [6.45, 7) is 5.82. The molecular weight excluding hydrogens is 308 g/mol. The number of hydrogen-bond acceptors (Lipinski definition) is 3. The maximum Gasteiger partial charge on any atom is 0.333 e. The van der Waals surface area contributed by atoms with Crippen LogP contribution in [-0.4, -0.2) is 12.6 Å². The Labute approximate surface area is 122 Å². The van der Waals surface area contributed by atoms with E-state index >= 15 is 0 Å². The van der Waals surface area contributed by atoms with Crippen molar-refractivity contribution < 1.29 is 14.3 Å². The van der Waals surface area contributed by atoms with E-state index in [9.17, 15) is 4.79 Å². The third-order valence-electron chi connectivity index (χ3n) is 2.36. The summed E-state index contributed by atoms with van der Waals surface area (Å²) in [5.41, 5.74) is 1.02. The van der Waals surface area contributed by atoms with Crippen LogP contribution >= 0.6 is 15.9 Å². The highest BCUT2D eigenvalue weighted by Gasteiger charge is 2.09. The molecule has 4 heteroatoms. The van der Waals surface area contributed by atoms with Crippen LogP contribution in [0.1, 0.15) is 25.0 Å². The van der Waals surface area contributed by atoms with Crippen LogP contribution in [0.25, 0.3) is 0 Å². The van der Waals surface area contributed by atoms with Gasteiger partial charge in [-0.1, -0.05) is 34.1 Å². The van der Waals surface area contributed by atoms with Crippen molar-refractivity contribution in [1.82, 2.24) is 0 Å². The summed E-state index contributed by atoms with van der Waals surface area (Å²) in [6.07, 6.45) is 4.93. The lowest BCUT2D eigenvalue weighted by Crippen LogP contribution is -2.02. The normalized spacial score (nSPS) is 12.1. The summed E-state index contributed by atoms with van der Waals surface area (Å²) in [5, 5.41) is 0. The first-order valence-electron chi connectivity index (χ1n) is 6.02. The first kappa shape index (κ1) is 15.5. The second-order valence-electron chi connectivity index (χ2n) is 3.76. The molecule has 0 aromatic heterocycles. The SMILES string of the molecule is C=CCC(O/C=C/C(=O)OCC)c1ccc(Br)cc1. The van der Waals surface area contributed by atoms with Gasteiger partial charge in [0.05, 0.1) is 18.9 Å². The molecule has 0 aliphatic carbocycles. The highest BCUT2D eigenvalue weighted by Crippen LogP contribution is 2.23. The zero-order chi connectivity index (χ0) is 14.1. The molecule has 1 unspecified atom stereocenters. The first-order chi connectivity index (χ1) is 9.17. The molecule has 1 aromatic rings. The fraction of sp³-hybridized carbons (Fsp3) is 0.267. The number of ether oxygens (including phenoxy) is 2. The fourth-order valence-corrected chi connectivity index (χ4v) is 1.74. The first-order valence-corrected chi connectivity index (χ1v) is 6.81. The van der Waals surface area contributed by atoms with E-state index in [2.05, 4.69) is 22.5 Å². The molecule has 3 nitrogen and oxygen atoms in total. The summed E-state index contributed by atoms with van der Waals surface area (Å²) in [6, 6.07) is 7.83. The minimum absolute atomic E-state index is 0.156. The van der Waals surface area contributed by atoms with Gasteiger partial charge in [0.15, 0.2) is 0 Å². The molecular formula is C15H17BrO3. The molecule has 0 bridgehead atoms. The zero-order valence-corrected chi connectivity index (χ0v) is 12.4. The Kier molecular flexibility index (Phi) is 6.97. The molecule has 0 saturated heterocycles. The zero-order valence-electron chi connectivity index (χ0n) is 10.8. The molecule has 102 valence electrons. The topological polar surface area (TPSA) is 35.5 Å². The van der Waals surface area contributed by atoms with Crippen LogP contribution in [0.15, 0.2) is 53.7 Å². The van der Waals surface area contributed by atoms with Gasteiger partial charge in [-0.05, 0) is 24.6 Å². The number of hydrogen-bond donors (Lipinski definition) is 0. The Bertz CT molecular complexity index is 437. The Morgan fingerprint density at radius 1 is 1.42 bits per heavy atom. The maximum absolute atomic E-state index is 11.1. The van der Waals surface area contributed by atoms with Crippen LogP contribution in [0, 0.1) is 0 Å². The number of halogens is 1. The van der Waals surface area contributed by atoms with Crippen LogP contribution in [0.5, 0.6) is 0 Å². The van der Waals surface area contributed by atoms with Crippen molar-refractivity contribution in [2.75, 3.05) is 6.61 Å². The monoisotopic (exact) mass is 324 g/mol. The maximum atomic E-state index is 11.1. The summed E-state index contributed by atoms with van der Waals surface area (Å²) in [5.74, 6) is -0.407. The summed E-state index contributed by atoms with van der Waals surface area (Å²) in [7, 11) is 0. The van der Waals surface area contributed by atoms with Gasteiger partial charge in [-0.25, -0.2) is 4.79 Å². The van der Waals surface area contributed by atoms with Crippen molar-refractivity contribution in [1.29, 1.82) is 0 Å². The van der Waals surface area contributed by atoms with Crippen molar-refractivity contribution in [2.45, 2.75) is 19.4 Å². The van der Waals surface area contributed by atoms with Crippen molar-refractivity contribution >= 4 is 21.9 Å². The molecule has 0 fully saturated rings. The number of carbonyl (C=O) groups excluding carboxylic acids is 1. The van der Waals surface area contributed by atoms with Gasteiger partial charge < -0.3 is 9.47 Å². The highest BCUT2D eigenvalue weighted by atomic mass is 79.9. The molecule has 0 saturated carbocycles. The molecule has 1 aromatic carbocycles. The molecule has 0 amide bonds. The molecule has 0 aliphatic rings. The molecule has 0 N–H and O–H groups in total. The average molecular weight is 325 g/mol. The van der Waals surface area contributed by atoms with Crippen LogP contribution in [-0.2, 0) is 14.3 Å². The smallest absolute Gasteiger partial charge is 0.333 e. The Balaban J connectivity index is 2.65. The molecule has 1 atom stereocenters. The van der Waals surface area contributed by atoms with E-state index in [1.165, 1.54) is 12.3 Å². The quantitative estimate of drug-likeness (QED) is 0.327. The molecule has 0 spiro atoms. The summed E-state index contributed by atoms with van der Waals surface area (Å²) < 4.78 is 11.3. The summed E-state index contributed by atoms with van der Waals surface area (Å²) in [4.78, 5) is 11.1. The molecule has 0 heterocycles. The minimum Gasteiger partial charge on any atom is -0.493 e. The third-order valence-corrected chi connectivity index (χ3v) is 2.88. The van der Waals surface area contributed by atoms with Crippen LogP contribution in [0.3, 0.4) is 0 Å². The lowest BCUT2D eigenvalue weighted by atomic mass is 10.1. The van der Waals surface area contributed by atoms with E-state index in [0.717, 1.165) is 10.0 Å². The standard InChI is InChI=1S/C15H17BrO3/c1-3-5-14(12-6-8-13(16)9-7-12)19-11-10-15(17)18-4-2/h3,6-11,14H,1,4-5H2,2H3/b11-10+. The second-order valence-corrected chi connectivity index (χ2v) is 4.67. The van der Waals surface area contributed by atoms with Crippen LogP contribution < -0.4 is 0 Å². The van der Waals surface area contributed by atoms with E-state index < -0.39 is 5.97 Å². The predicted molar refractivity (Wildman–Crippen MR) is 78.6 cm³/mol. The van der Waals surface area contributed by atoms with Crippen LogP contribution in [0.4, 0.5) is 0 Å². The Morgan fingerprint density at radius 3 is 2.68 bits per heavy atom. The highest BCUT2D eigenvalue weighted by molar-refractivity contribution is 9.10. The van der Waals surface area contributed by atoms with Crippen molar-refractivity contribution in [2.24, 2.45) is 0 Å². The van der Waals surface area contributed by atoms with Gasteiger partial charge in [0.2, 0.25) is 0 Å². The molecule has 19 heavy (non-hydrogen) atoms. The van der Waals surface area contributed by atoms with Gasteiger partial charge in [0, 0.05) is 10.9 Å². The Morgan fingerprint density at radius 2 is 2.11 bits per heavy atom. The molecule has 0 radical (unpaired) electrons. The van der Waals surface area contributed by atoms with E-state index in [-0.39, 0.29) is 6.10 Å². The van der Waals surface area contributed by atoms with Gasteiger partial charge in [-0.15, -0.1) is 6.58 Å². The minimum atomic E-state index is -0.407. The number of esters is 1. The number of carbonyl (C=O) groups is 1. The lowest BCUT2D eigenvalue weighted by Gasteiger charge is -2.15. The molecule has 1 rings (SSSR count). The molecule has 0 aliphatic heterocycles. The van der Waals surface area contributed by atoms with Crippen molar-refractivity contribution in [3.8, 4) is 0 Å². The van der Waals surface area contributed by atoms with Gasteiger partial charge in [-0.3, -0.25) is 0 Å². The second kappa shape index (κ2) is 8.53. The summed E-state index contributed by atoms with van der Waals surface area (Å²) >= 11 is 3.39. The van der Waals surface area contributed by atoms with Gasteiger partial charge in [-0.2, -0.15) is 0 Å². The van der Waals surface area contributed by atoms with E-state index in [4.69, 9.17) is 9.47 Å². The largest absolute Gasteiger partial charge is 0.493 e. The fourth-order valence-electron chi connectivity index (χ4n) is 1.48. The van der Waals surface area contributed by atoms with Gasteiger partial charge in [0.1, 0.15) is 6.10 Å². The lowest BCUT2D eigenvalue weighted by molar-refractivity contribution is -0.137. The Hall–Kier alpha value is -1.55.